The molecule has 7 atom stereocenters. The lowest BCUT2D eigenvalue weighted by atomic mass is 9.49. The van der Waals surface area contributed by atoms with Crippen LogP contribution in [0.25, 0.3) is 0 Å². The van der Waals surface area contributed by atoms with Crippen LogP contribution < -0.4 is 0 Å². The van der Waals surface area contributed by atoms with Gasteiger partial charge in [-0.05, 0) is 105 Å². The highest BCUT2D eigenvalue weighted by molar-refractivity contribution is 6.74. The average molecular weight is 587 g/mol. The summed E-state index contributed by atoms with van der Waals surface area (Å²) in [6.07, 6.45) is 13.9. The molecule has 0 aromatic heterocycles. The zero-order valence-corrected chi connectivity index (χ0v) is 30.5. The van der Waals surface area contributed by atoms with Gasteiger partial charge in [-0.1, -0.05) is 91.7 Å². The van der Waals surface area contributed by atoms with Gasteiger partial charge in [-0.25, -0.2) is 0 Å². The molecule has 4 aliphatic rings. The third kappa shape index (κ3) is 5.16. The third-order valence-corrected chi connectivity index (χ3v) is 22.0. The summed E-state index contributed by atoms with van der Waals surface area (Å²) in [6.45, 7) is 32.9. The van der Waals surface area contributed by atoms with E-state index in [0.717, 1.165) is 38.5 Å². The van der Waals surface area contributed by atoms with Crippen LogP contribution in [-0.2, 0) is 8.85 Å². The van der Waals surface area contributed by atoms with Gasteiger partial charge in [0.2, 0.25) is 0 Å². The predicted octanol–water partition coefficient (Wildman–Crippen LogP) is 9.96. The van der Waals surface area contributed by atoms with Gasteiger partial charge in [0.25, 0.3) is 0 Å². The molecule has 0 aliphatic heterocycles. The molecule has 0 radical (unpaired) electrons. The van der Waals surface area contributed by atoms with Crippen LogP contribution in [0.5, 0.6) is 0 Å². The van der Waals surface area contributed by atoms with Crippen LogP contribution in [0.2, 0.25) is 36.3 Å². The van der Waals surface area contributed by atoms with Crippen LogP contribution in [0.4, 0.5) is 0 Å². The molecule has 0 saturated heterocycles. The first-order valence-corrected chi connectivity index (χ1v) is 22.0. The van der Waals surface area contributed by atoms with Gasteiger partial charge in [0, 0.05) is 5.41 Å². The lowest BCUT2D eigenvalue weighted by molar-refractivity contribution is -0.0411. The Hall–Kier alpha value is -0.466. The van der Waals surface area contributed by atoms with Crippen LogP contribution in [0.1, 0.15) is 108 Å². The first-order chi connectivity index (χ1) is 18.0. The van der Waals surface area contributed by atoms with Crippen molar-refractivity contribution in [2.45, 2.75) is 162 Å². The Morgan fingerprint density at radius 1 is 0.900 bits per heavy atom. The molecule has 1 N–H and O–H groups in total. The Bertz CT molecular complexity index is 1080. The summed E-state index contributed by atoms with van der Waals surface area (Å²) >= 11 is 0. The molecule has 3 nitrogen and oxygen atoms in total. The molecule has 0 amide bonds. The highest BCUT2D eigenvalue weighted by Gasteiger charge is 2.60. The molecule has 4 aliphatic carbocycles. The van der Waals surface area contributed by atoms with Crippen molar-refractivity contribution in [2.75, 3.05) is 0 Å². The van der Waals surface area contributed by atoms with E-state index in [9.17, 15) is 5.11 Å². The molecule has 4 rings (SSSR count). The predicted molar refractivity (Wildman–Crippen MR) is 176 cm³/mol. The minimum Gasteiger partial charge on any atom is -0.414 e. The van der Waals surface area contributed by atoms with E-state index in [2.05, 4.69) is 107 Å². The van der Waals surface area contributed by atoms with Crippen molar-refractivity contribution in [3.63, 3.8) is 0 Å². The molecular formula is C35H62O3Si2. The molecular weight excluding hydrogens is 525 g/mol. The summed E-state index contributed by atoms with van der Waals surface area (Å²) < 4.78 is 14.6. The summed E-state index contributed by atoms with van der Waals surface area (Å²) in [5.41, 5.74) is 3.77. The van der Waals surface area contributed by atoms with Crippen LogP contribution in [-0.4, -0.2) is 39.6 Å². The van der Waals surface area contributed by atoms with Crippen molar-refractivity contribution in [1.82, 2.24) is 0 Å². The Morgan fingerprint density at radius 2 is 1.48 bits per heavy atom. The SMILES string of the molecule is CCC(C)(O)C1=CC[C@H]2C3=CC=C4C[C@@H](O[Si](C)(C)C(C)(C)C)C[C@H](O[Si](C)(C)C(C)(C)C)[C@]4(C)[C@H]3CC[C@]12C. The van der Waals surface area contributed by atoms with Crippen molar-refractivity contribution in [1.29, 1.82) is 0 Å². The molecule has 1 unspecified atom stereocenters. The number of hydrogen-bond donors (Lipinski definition) is 1. The van der Waals surface area contributed by atoms with E-state index in [1.165, 1.54) is 5.57 Å². The van der Waals surface area contributed by atoms with E-state index in [0.29, 0.717) is 11.8 Å². The van der Waals surface area contributed by atoms with Gasteiger partial charge in [-0.2, -0.15) is 0 Å². The molecule has 0 aromatic carbocycles. The van der Waals surface area contributed by atoms with Crippen molar-refractivity contribution in [2.24, 2.45) is 22.7 Å². The van der Waals surface area contributed by atoms with Crippen LogP contribution in [0.3, 0.4) is 0 Å². The van der Waals surface area contributed by atoms with Crippen LogP contribution in [0, 0.1) is 22.7 Å². The van der Waals surface area contributed by atoms with E-state index in [1.807, 2.05) is 6.92 Å². The Kier molecular flexibility index (Phi) is 8.14. The second kappa shape index (κ2) is 10.0. The van der Waals surface area contributed by atoms with Crippen molar-refractivity contribution in [3.05, 3.63) is 34.9 Å². The maximum absolute atomic E-state index is 11.4. The minimum absolute atomic E-state index is 0.00967. The first kappa shape index (κ1) is 32.4. The second-order valence-electron chi connectivity index (χ2n) is 17.5. The second-order valence-corrected chi connectivity index (χ2v) is 27.0. The van der Waals surface area contributed by atoms with Gasteiger partial charge in [-0.15, -0.1) is 0 Å². The molecule has 2 saturated carbocycles. The third-order valence-electron chi connectivity index (χ3n) is 13.0. The summed E-state index contributed by atoms with van der Waals surface area (Å²) in [5, 5.41) is 11.7. The smallest absolute Gasteiger partial charge is 0.192 e. The quantitative estimate of drug-likeness (QED) is 0.249. The monoisotopic (exact) mass is 586 g/mol. The van der Waals surface area contributed by atoms with Gasteiger partial charge < -0.3 is 14.0 Å². The maximum atomic E-state index is 11.4. The van der Waals surface area contributed by atoms with Crippen LogP contribution >= 0.6 is 0 Å². The number of allylic oxidation sites excluding steroid dienone is 4. The number of hydrogen-bond acceptors (Lipinski definition) is 3. The van der Waals surface area contributed by atoms with Gasteiger partial charge >= 0.3 is 0 Å². The molecule has 0 bridgehead atoms. The van der Waals surface area contributed by atoms with E-state index < -0.39 is 22.2 Å². The van der Waals surface area contributed by atoms with Gasteiger partial charge in [0.05, 0.1) is 17.8 Å². The first-order valence-electron chi connectivity index (χ1n) is 16.2. The summed E-state index contributed by atoms with van der Waals surface area (Å²) in [7, 11) is -3.92. The normalized spacial score (nSPS) is 36.5. The number of fused-ring (bicyclic) bond motifs is 5. The Balaban J connectivity index is 1.75. The van der Waals surface area contributed by atoms with Crippen molar-refractivity contribution in [3.8, 4) is 0 Å². The molecule has 0 aromatic rings. The lowest BCUT2D eigenvalue weighted by Gasteiger charge is -2.59. The van der Waals surface area contributed by atoms with Crippen molar-refractivity contribution >= 4 is 16.6 Å². The largest absolute Gasteiger partial charge is 0.414 e. The number of rotatable bonds is 6. The van der Waals surface area contributed by atoms with E-state index in [-0.39, 0.29) is 33.1 Å². The van der Waals surface area contributed by atoms with E-state index in [4.69, 9.17) is 8.85 Å². The molecule has 40 heavy (non-hydrogen) atoms. The summed E-state index contributed by atoms with van der Waals surface area (Å²) in [6, 6.07) is 0. The molecule has 0 heterocycles. The van der Waals surface area contributed by atoms with Gasteiger partial charge in [0.1, 0.15) is 0 Å². The zero-order valence-electron chi connectivity index (χ0n) is 28.5. The highest BCUT2D eigenvalue weighted by atomic mass is 28.4. The van der Waals surface area contributed by atoms with Gasteiger partial charge in [-0.3, -0.25) is 0 Å². The Labute approximate surface area is 249 Å². The fourth-order valence-electron chi connectivity index (χ4n) is 8.00. The fraction of sp³-hybridized carbons (Fsp3) is 0.829. The fourth-order valence-corrected chi connectivity index (χ4v) is 10.8. The Morgan fingerprint density at radius 3 is 2.02 bits per heavy atom. The van der Waals surface area contributed by atoms with Crippen molar-refractivity contribution < 1.29 is 14.0 Å². The molecule has 2 fully saturated rings. The maximum Gasteiger partial charge on any atom is 0.192 e. The highest BCUT2D eigenvalue weighted by Crippen LogP contribution is 2.66. The summed E-state index contributed by atoms with van der Waals surface area (Å²) in [4.78, 5) is 0. The zero-order chi connectivity index (χ0) is 30.3. The lowest BCUT2D eigenvalue weighted by Crippen LogP contribution is -2.58. The summed E-state index contributed by atoms with van der Waals surface area (Å²) in [5.74, 6) is 0.970. The number of aliphatic hydroxyl groups is 1. The van der Waals surface area contributed by atoms with E-state index >= 15 is 0 Å². The van der Waals surface area contributed by atoms with Gasteiger partial charge in [0.15, 0.2) is 16.6 Å². The molecule has 228 valence electrons. The topological polar surface area (TPSA) is 38.7 Å². The molecule has 5 heteroatoms. The van der Waals surface area contributed by atoms with Crippen LogP contribution in [0.15, 0.2) is 34.9 Å². The molecule has 0 spiro atoms. The average Bonchev–Trinajstić information content (AvgIpc) is 3.16. The minimum atomic E-state index is -2.01. The standard InChI is InChI=1S/C35H62O3Si2/c1-15-34(9,36)29-19-18-27-26-17-16-24-22-25(37-39(11,12)31(2,3)4)23-30(38-40(13,14)32(5,6)7)35(24,10)28(26)20-21-33(27,29)8/h16-17,19,25,27-28,30,36H,15,18,20-23H2,1-14H3/t25-,27+,28+,30+,33+,34?,35+/m1/s1. The van der Waals surface area contributed by atoms with E-state index in [1.54, 1.807) is 11.1 Å².